The van der Waals surface area contributed by atoms with Gasteiger partial charge in [-0.1, -0.05) is 121 Å². The Morgan fingerprint density at radius 3 is 1.58 bits per heavy atom. The Morgan fingerprint density at radius 2 is 1.00 bits per heavy atom. The molecule has 1 aliphatic heterocycles. The topological polar surface area (TPSA) is 9.72 Å². The van der Waals surface area contributed by atoms with Gasteiger partial charge >= 0.3 is 0 Å². The molecule has 0 fully saturated rings. The quantitative estimate of drug-likeness (QED) is 0.144. The third-order valence-electron chi connectivity index (χ3n) is 11.7. The molecule has 8 aromatic rings. The van der Waals surface area contributed by atoms with Gasteiger partial charge in [-0.05, 0) is 108 Å². The molecule has 0 amide bonds. The molecule has 0 spiro atoms. The van der Waals surface area contributed by atoms with E-state index in [0.29, 0.717) is 11.2 Å². The first-order valence-corrected chi connectivity index (χ1v) is 22.0. The monoisotopic (exact) mass is 795 g/mol. The SMILES string of the molecule is C1=CC2Sc3cc(N(c4ccccc4)c4ccccc4)ccc3C2C=C1N(c1ccccc1)C1C=Cc2c(sc3ccc(N(c4ccccc4)c4ccccc4)cc23)C1. The fraction of sp³-hybridized carbons (Fsp3) is 0.0741. The van der Waals surface area contributed by atoms with Crippen molar-refractivity contribution >= 4 is 79.1 Å². The van der Waals surface area contributed by atoms with Gasteiger partial charge < -0.3 is 14.7 Å². The van der Waals surface area contributed by atoms with Gasteiger partial charge in [-0.25, -0.2) is 0 Å². The van der Waals surface area contributed by atoms with Crippen molar-refractivity contribution in [1.82, 2.24) is 0 Å². The second-order valence-electron chi connectivity index (χ2n) is 15.2. The van der Waals surface area contributed by atoms with E-state index in [4.69, 9.17) is 0 Å². The van der Waals surface area contributed by atoms with Gasteiger partial charge in [0.1, 0.15) is 0 Å². The first-order chi connectivity index (χ1) is 29.2. The van der Waals surface area contributed by atoms with Gasteiger partial charge in [0, 0.05) is 83.0 Å². The van der Waals surface area contributed by atoms with Crippen LogP contribution in [0.2, 0.25) is 0 Å². The Bertz CT molecular complexity index is 2770. The lowest BCUT2D eigenvalue weighted by Crippen LogP contribution is -2.36. The highest BCUT2D eigenvalue weighted by Gasteiger charge is 2.35. The molecule has 2 heterocycles. The van der Waals surface area contributed by atoms with E-state index >= 15 is 0 Å². The number of allylic oxidation sites excluding steroid dienone is 2. The molecule has 284 valence electrons. The number of thioether (sulfide) groups is 1. The van der Waals surface area contributed by atoms with Gasteiger partial charge in [0.25, 0.3) is 0 Å². The van der Waals surface area contributed by atoms with E-state index in [-0.39, 0.29) is 6.04 Å². The van der Waals surface area contributed by atoms with Gasteiger partial charge in [0.2, 0.25) is 0 Å². The van der Waals surface area contributed by atoms with Crippen LogP contribution in [0, 0.1) is 0 Å². The first kappa shape index (κ1) is 35.6. The minimum absolute atomic E-state index is 0.177. The van der Waals surface area contributed by atoms with Crippen molar-refractivity contribution in [3.63, 3.8) is 0 Å². The highest BCUT2D eigenvalue weighted by atomic mass is 32.2. The van der Waals surface area contributed by atoms with Crippen LogP contribution in [0.4, 0.5) is 39.8 Å². The van der Waals surface area contributed by atoms with Crippen molar-refractivity contribution in [2.75, 3.05) is 14.7 Å². The molecule has 3 aliphatic rings. The summed E-state index contributed by atoms with van der Waals surface area (Å²) in [6, 6.07) is 67.9. The van der Waals surface area contributed by atoms with Crippen molar-refractivity contribution in [1.29, 1.82) is 0 Å². The Morgan fingerprint density at radius 1 is 0.475 bits per heavy atom. The molecule has 0 radical (unpaired) electrons. The molecular weight excluding hydrogens is 755 g/mol. The average molecular weight is 796 g/mol. The average Bonchev–Trinajstić information content (AvgIpc) is 3.85. The third kappa shape index (κ3) is 6.67. The molecule has 3 nitrogen and oxygen atoms in total. The van der Waals surface area contributed by atoms with E-state index in [2.05, 4.69) is 233 Å². The van der Waals surface area contributed by atoms with Gasteiger partial charge in [0.15, 0.2) is 0 Å². The van der Waals surface area contributed by atoms with E-state index < -0.39 is 0 Å². The number of thiophene rings is 1. The Balaban J connectivity index is 0.925. The predicted octanol–water partition coefficient (Wildman–Crippen LogP) is 15.0. The first-order valence-electron chi connectivity index (χ1n) is 20.3. The number of anilines is 7. The lowest BCUT2D eigenvalue weighted by molar-refractivity contribution is 0.740. The molecule has 59 heavy (non-hydrogen) atoms. The highest BCUT2D eigenvalue weighted by molar-refractivity contribution is 8.00. The molecule has 1 aromatic heterocycles. The van der Waals surface area contributed by atoms with E-state index in [1.54, 1.807) is 0 Å². The van der Waals surface area contributed by atoms with Crippen molar-refractivity contribution in [3.8, 4) is 0 Å². The number of para-hydroxylation sites is 5. The molecule has 11 rings (SSSR count). The maximum atomic E-state index is 2.57. The molecule has 2 aliphatic carbocycles. The zero-order chi connectivity index (χ0) is 39.1. The number of rotatable bonds is 9. The van der Waals surface area contributed by atoms with Crippen LogP contribution in [0.5, 0.6) is 0 Å². The van der Waals surface area contributed by atoms with Gasteiger partial charge in [0.05, 0.1) is 6.04 Å². The second-order valence-corrected chi connectivity index (χ2v) is 17.6. The summed E-state index contributed by atoms with van der Waals surface area (Å²) in [4.78, 5) is 10.1. The molecule has 3 atom stereocenters. The normalized spacial score (nSPS) is 17.5. The Labute approximate surface area is 354 Å². The largest absolute Gasteiger partial charge is 0.334 e. The maximum Gasteiger partial charge on any atom is 0.0573 e. The molecule has 7 aromatic carbocycles. The molecule has 3 unspecified atom stereocenters. The maximum absolute atomic E-state index is 2.57. The zero-order valence-electron chi connectivity index (χ0n) is 32.4. The number of fused-ring (bicyclic) bond motifs is 6. The second kappa shape index (κ2) is 15.3. The Hall–Kier alpha value is -6.53. The highest BCUT2D eigenvalue weighted by Crippen LogP contribution is 2.52. The van der Waals surface area contributed by atoms with Crippen LogP contribution >= 0.6 is 23.1 Å². The number of hydrogen-bond acceptors (Lipinski definition) is 5. The van der Waals surface area contributed by atoms with Crippen LogP contribution in [0.3, 0.4) is 0 Å². The number of benzene rings is 7. The van der Waals surface area contributed by atoms with E-state index in [1.165, 1.54) is 53.7 Å². The number of nitrogens with zero attached hydrogens (tertiary/aromatic N) is 3. The molecule has 0 saturated carbocycles. The Kier molecular flexibility index (Phi) is 9.26. The van der Waals surface area contributed by atoms with Crippen molar-refractivity contribution in [2.24, 2.45) is 0 Å². The summed E-state index contributed by atoms with van der Waals surface area (Å²) in [5.41, 5.74) is 12.2. The summed E-state index contributed by atoms with van der Waals surface area (Å²) in [6.07, 6.45) is 13.1. The van der Waals surface area contributed by atoms with Crippen LogP contribution < -0.4 is 14.7 Å². The van der Waals surface area contributed by atoms with Gasteiger partial charge in [-0.2, -0.15) is 0 Å². The van der Waals surface area contributed by atoms with Gasteiger partial charge in [-0.3, -0.25) is 0 Å². The summed E-state index contributed by atoms with van der Waals surface area (Å²) in [6.45, 7) is 0. The lowest BCUT2D eigenvalue weighted by Gasteiger charge is -2.36. The summed E-state index contributed by atoms with van der Waals surface area (Å²) >= 11 is 3.93. The van der Waals surface area contributed by atoms with Crippen LogP contribution in [0.25, 0.3) is 16.2 Å². The van der Waals surface area contributed by atoms with Crippen LogP contribution in [-0.2, 0) is 6.42 Å². The molecular formula is C54H41N3S2. The van der Waals surface area contributed by atoms with Crippen molar-refractivity contribution in [2.45, 2.75) is 28.5 Å². The lowest BCUT2D eigenvalue weighted by atomic mass is 9.89. The summed E-state index contributed by atoms with van der Waals surface area (Å²) in [5.74, 6) is 0.292. The minimum Gasteiger partial charge on any atom is -0.334 e. The minimum atomic E-state index is 0.177. The summed E-state index contributed by atoms with van der Waals surface area (Å²) in [5, 5.41) is 1.68. The van der Waals surface area contributed by atoms with E-state index in [1.807, 2.05) is 23.1 Å². The van der Waals surface area contributed by atoms with Crippen molar-refractivity contribution in [3.05, 3.63) is 234 Å². The molecule has 0 N–H and O–H groups in total. The smallest absolute Gasteiger partial charge is 0.0573 e. The molecule has 0 bridgehead atoms. The van der Waals surface area contributed by atoms with E-state index in [0.717, 1.165) is 29.2 Å². The zero-order valence-corrected chi connectivity index (χ0v) is 34.0. The van der Waals surface area contributed by atoms with Crippen LogP contribution in [0.1, 0.15) is 21.9 Å². The number of hydrogen-bond donors (Lipinski definition) is 0. The third-order valence-corrected chi connectivity index (χ3v) is 14.2. The van der Waals surface area contributed by atoms with Crippen LogP contribution in [0.15, 0.2) is 223 Å². The summed E-state index contributed by atoms with van der Waals surface area (Å²) < 4.78 is 1.33. The fourth-order valence-electron chi connectivity index (χ4n) is 8.97. The predicted molar refractivity (Wildman–Crippen MR) is 253 cm³/mol. The van der Waals surface area contributed by atoms with Gasteiger partial charge in [-0.15, -0.1) is 23.1 Å². The van der Waals surface area contributed by atoms with Crippen LogP contribution in [-0.4, -0.2) is 11.3 Å². The van der Waals surface area contributed by atoms with Crippen molar-refractivity contribution < 1.29 is 0 Å². The standard InChI is InChI=1S/C54H41N3S2/c1-6-16-38(17-7-1)55(39-18-8-2-9-19-39)43-28-32-51-49(34-43)48-31-27-46(37-54(48)59-51)57(42-24-14-5-15-25-42)44-29-33-52-50(35-44)47-30-26-45(36-53(47)58-52)56(40-20-10-3-11-21-40)41-22-12-4-13-23-41/h1-36,46,50,52H,37H2. The molecule has 0 saturated heterocycles. The molecule has 5 heteroatoms. The van der Waals surface area contributed by atoms with E-state index in [9.17, 15) is 0 Å². The fourth-order valence-corrected chi connectivity index (χ4v) is 11.5. The summed E-state index contributed by atoms with van der Waals surface area (Å²) in [7, 11) is 0.